The van der Waals surface area contributed by atoms with Crippen LogP contribution in [0.25, 0.3) is 10.1 Å². The maximum absolute atomic E-state index is 12.4. The van der Waals surface area contributed by atoms with E-state index in [0.717, 1.165) is 21.2 Å². The SMILES string of the molecule is Cc1ccc2scc(CC(=O)NC3(CC(=O)O)CCOC3)c2c1. The molecule has 5 nitrogen and oxygen atoms in total. The summed E-state index contributed by atoms with van der Waals surface area (Å²) >= 11 is 1.62. The predicted octanol–water partition coefficient (Wildman–Crippen LogP) is 2.50. The van der Waals surface area contributed by atoms with Crippen molar-refractivity contribution in [3.63, 3.8) is 0 Å². The van der Waals surface area contributed by atoms with Crippen molar-refractivity contribution in [1.29, 1.82) is 0 Å². The van der Waals surface area contributed by atoms with Crippen LogP contribution >= 0.6 is 11.3 Å². The lowest BCUT2D eigenvalue weighted by Crippen LogP contribution is -2.51. The molecule has 23 heavy (non-hydrogen) atoms. The molecule has 1 amide bonds. The predicted molar refractivity (Wildman–Crippen MR) is 88.8 cm³/mol. The van der Waals surface area contributed by atoms with Crippen LogP contribution < -0.4 is 5.32 Å². The Labute approximate surface area is 138 Å². The number of rotatable bonds is 5. The van der Waals surface area contributed by atoms with Crippen molar-refractivity contribution in [3.8, 4) is 0 Å². The summed E-state index contributed by atoms with van der Waals surface area (Å²) in [6.45, 7) is 2.77. The van der Waals surface area contributed by atoms with E-state index < -0.39 is 11.5 Å². The summed E-state index contributed by atoms with van der Waals surface area (Å²) in [7, 11) is 0. The molecule has 0 aliphatic carbocycles. The summed E-state index contributed by atoms with van der Waals surface area (Å²) in [4.78, 5) is 23.5. The van der Waals surface area contributed by atoms with Gasteiger partial charge in [0.25, 0.3) is 0 Å². The molecule has 1 aromatic heterocycles. The van der Waals surface area contributed by atoms with Crippen molar-refractivity contribution in [1.82, 2.24) is 5.32 Å². The third kappa shape index (κ3) is 3.54. The molecule has 1 unspecified atom stereocenters. The summed E-state index contributed by atoms with van der Waals surface area (Å²) in [5, 5.41) is 15.1. The fraction of sp³-hybridized carbons (Fsp3) is 0.412. The van der Waals surface area contributed by atoms with E-state index in [2.05, 4.69) is 23.5 Å². The van der Waals surface area contributed by atoms with Crippen LogP contribution in [0.5, 0.6) is 0 Å². The maximum Gasteiger partial charge on any atom is 0.305 e. The Morgan fingerprint density at radius 3 is 2.96 bits per heavy atom. The van der Waals surface area contributed by atoms with Gasteiger partial charge in [0.1, 0.15) is 0 Å². The van der Waals surface area contributed by atoms with Crippen molar-refractivity contribution in [2.45, 2.75) is 31.7 Å². The lowest BCUT2D eigenvalue weighted by Gasteiger charge is -2.27. The summed E-state index contributed by atoms with van der Waals surface area (Å²) in [6, 6.07) is 6.20. The molecule has 1 atom stereocenters. The van der Waals surface area contributed by atoms with Crippen LogP contribution in [0.3, 0.4) is 0 Å². The van der Waals surface area contributed by atoms with Crippen LogP contribution in [0.2, 0.25) is 0 Å². The molecule has 1 aromatic carbocycles. The second-order valence-corrected chi connectivity index (χ2v) is 7.05. The number of carbonyl (C=O) groups excluding carboxylic acids is 1. The van der Waals surface area contributed by atoms with Gasteiger partial charge < -0.3 is 15.2 Å². The number of aryl methyl sites for hydroxylation is 1. The van der Waals surface area contributed by atoms with Crippen molar-refractivity contribution in [3.05, 3.63) is 34.7 Å². The number of fused-ring (bicyclic) bond motifs is 1. The van der Waals surface area contributed by atoms with Gasteiger partial charge in [-0.05, 0) is 35.7 Å². The van der Waals surface area contributed by atoms with Gasteiger partial charge in [-0.1, -0.05) is 17.7 Å². The fourth-order valence-electron chi connectivity index (χ4n) is 3.02. The number of amides is 1. The van der Waals surface area contributed by atoms with Crippen LogP contribution in [-0.2, 0) is 20.7 Å². The number of benzene rings is 1. The Hall–Kier alpha value is -1.92. The van der Waals surface area contributed by atoms with Crippen LogP contribution in [0, 0.1) is 6.92 Å². The van der Waals surface area contributed by atoms with E-state index in [1.807, 2.05) is 12.3 Å². The number of carboxylic acid groups (broad SMARTS) is 1. The highest BCUT2D eigenvalue weighted by atomic mass is 32.1. The van der Waals surface area contributed by atoms with E-state index >= 15 is 0 Å². The van der Waals surface area contributed by atoms with Crippen LogP contribution in [0.1, 0.15) is 24.0 Å². The number of thiophene rings is 1. The zero-order valence-corrected chi connectivity index (χ0v) is 13.7. The molecule has 6 heteroatoms. The molecular formula is C17H19NO4S. The second kappa shape index (κ2) is 6.29. The lowest BCUT2D eigenvalue weighted by molar-refractivity contribution is -0.139. The maximum atomic E-state index is 12.4. The van der Waals surface area contributed by atoms with Crippen molar-refractivity contribution >= 4 is 33.3 Å². The second-order valence-electron chi connectivity index (χ2n) is 6.14. The van der Waals surface area contributed by atoms with E-state index in [1.165, 1.54) is 0 Å². The van der Waals surface area contributed by atoms with E-state index in [-0.39, 0.29) is 25.4 Å². The zero-order chi connectivity index (χ0) is 16.4. The molecule has 2 N–H and O–H groups in total. The first-order valence-corrected chi connectivity index (χ1v) is 8.43. The highest BCUT2D eigenvalue weighted by molar-refractivity contribution is 7.17. The first-order chi connectivity index (χ1) is 11.0. The van der Waals surface area contributed by atoms with Crippen LogP contribution in [0.4, 0.5) is 0 Å². The van der Waals surface area contributed by atoms with Crippen LogP contribution in [-0.4, -0.2) is 35.7 Å². The highest BCUT2D eigenvalue weighted by Crippen LogP contribution is 2.28. The molecule has 1 aliphatic rings. The third-order valence-electron chi connectivity index (χ3n) is 4.16. The van der Waals surface area contributed by atoms with Crippen molar-refractivity contribution in [2.24, 2.45) is 0 Å². The van der Waals surface area contributed by atoms with Gasteiger partial charge in [0.05, 0.1) is 25.0 Å². The number of ether oxygens (including phenoxy) is 1. The topological polar surface area (TPSA) is 75.6 Å². The number of nitrogens with one attached hydrogen (secondary N) is 1. The molecule has 2 heterocycles. The third-order valence-corrected chi connectivity index (χ3v) is 5.17. The summed E-state index contributed by atoms with van der Waals surface area (Å²) in [6.07, 6.45) is 0.682. The smallest absolute Gasteiger partial charge is 0.305 e. The Kier molecular flexibility index (Phi) is 4.37. The van der Waals surface area contributed by atoms with Gasteiger partial charge in [-0.15, -0.1) is 11.3 Å². The molecule has 3 rings (SSSR count). The summed E-state index contributed by atoms with van der Waals surface area (Å²) < 4.78 is 6.46. The molecule has 1 aliphatic heterocycles. The van der Waals surface area contributed by atoms with Crippen molar-refractivity contribution < 1.29 is 19.4 Å². The van der Waals surface area contributed by atoms with Crippen molar-refractivity contribution in [2.75, 3.05) is 13.2 Å². The number of carbonyl (C=O) groups is 2. The van der Waals surface area contributed by atoms with E-state index in [0.29, 0.717) is 13.0 Å². The molecular weight excluding hydrogens is 314 g/mol. The molecule has 1 saturated heterocycles. The molecule has 1 fully saturated rings. The van der Waals surface area contributed by atoms with Gasteiger partial charge in [0.2, 0.25) is 5.91 Å². The van der Waals surface area contributed by atoms with Gasteiger partial charge in [-0.2, -0.15) is 0 Å². The van der Waals surface area contributed by atoms with Gasteiger partial charge in [-0.25, -0.2) is 0 Å². The van der Waals surface area contributed by atoms with E-state index in [9.17, 15) is 9.59 Å². The first kappa shape index (κ1) is 16.0. The first-order valence-electron chi connectivity index (χ1n) is 7.55. The standard InChI is InChI=1S/C17H19NO4S/c1-11-2-3-14-13(6-11)12(9-23-14)7-15(19)18-17(8-16(20)21)4-5-22-10-17/h2-3,6,9H,4-5,7-8,10H2,1H3,(H,18,19)(H,20,21). The number of aliphatic carboxylic acids is 1. The fourth-order valence-corrected chi connectivity index (χ4v) is 3.97. The number of hydrogen-bond donors (Lipinski definition) is 2. The van der Waals surface area contributed by atoms with Gasteiger partial charge in [0, 0.05) is 11.3 Å². The summed E-state index contributed by atoms with van der Waals surface area (Å²) in [5.41, 5.74) is 1.37. The molecule has 0 saturated carbocycles. The van der Waals surface area contributed by atoms with E-state index in [4.69, 9.17) is 9.84 Å². The normalized spacial score (nSPS) is 20.7. The van der Waals surface area contributed by atoms with Crippen LogP contribution in [0.15, 0.2) is 23.6 Å². The molecule has 122 valence electrons. The Morgan fingerprint density at radius 2 is 2.26 bits per heavy atom. The van der Waals surface area contributed by atoms with Gasteiger partial charge in [0.15, 0.2) is 0 Å². The Morgan fingerprint density at radius 1 is 1.43 bits per heavy atom. The van der Waals surface area contributed by atoms with E-state index in [1.54, 1.807) is 11.3 Å². The molecule has 0 bridgehead atoms. The lowest BCUT2D eigenvalue weighted by atomic mass is 9.94. The minimum absolute atomic E-state index is 0.109. The minimum Gasteiger partial charge on any atom is -0.481 e. The molecule has 0 spiro atoms. The number of carboxylic acids is 1. The molecule has 2 aromatic rings. The van der Waals surface area contributed by atoms with Gasteiger partial charge in [-0.3, -0.25) is 9.59 Å². The highest BCUT2D eigenvalue weighted by Gasteiger charge is 2.38. The average Bonchev–Trinajstić information content (AvgIpc) is 3.06. The summed E-state index contributed by atoms with van der Waals surface area (Å²) in [5.74, 6) is -1.08. The zero-order valence-electron chi connectivity index (χ0n) is 12.9. The minimum atomic E-state index is -0.924. The van der Waals surface area contributed by atoms with Gasteiger partial charge >= 0.3 is 5.97 Å². The average molecular weight is 333 g/mol. The molecule has 0 radical (unpaired) electrons. The monoisotopic (exact) mass is 333 g/mol. The number of hydrogen-bond acceptors (Lipinski definition) is 4. The Balaban J connectivity index is 1.75. The largest absolute Gasteiger partial charge is 0.481 e. The Bertz CT molecular complexity index is 746. The quantitative estimate of drug-likeness (QED) is 0.881.